The third kappa shape index (κ3) is 5.61. The zero-order valence-electron chi connectivity index (χ0n) is 10.2. The van der Waals surface area contributed by atoms with E-state index in [2.05, 4.69) is 38.3 Å². The van der Waals surface area contributed by atoms with Crippen LogP contribution in [0.2, 0.25) is 0 Å². The van der Waals surface area contributed by atoms with Crippen molar-refractivity contribution in [3.8, 4) is 0 Å². The molecule has 0 aliphatic heterocycles. The lowest BCUT2D eigenvalue weighted by atomic mass is 10.1. The Labute approximate surface area is 88.8 Å². The van der Waals surface area contributed by atoms with Crippen LogP contribution in [0, 0.1) is 11.8 Å². The third-order valence-electron chi connectivity index (χ3n) is 2.85. The molecule has 0 aromatic heterocycles. The van der Waals surface area contributed by atoms with Crippen LogP contribution in [0.25, 0.3) is 0 Å². The van der Waals surface area contributed by atoms with Gasteiger partial charge in [0.05, 0.1) is 0 Å². The predicted molar refractivity (Wildman–Crippen MR) is 62.5 cm³/mol. The predicted octanol–water partition coefficient (Wildman–Crippen LogP) is 2.01. The smallest absolute Gasteiger partial charge is 0.00970 e. The highest BCUT2D eigenvalue weighted by atomic mass is 15.0. The minimum atomic E-state index is 0.254. The fourth-order valence-corrected chi connectivity index (χ4v) is 1.69. The molecular weight excluding hydrogens is 172 g/mol. The zero-order valence-corrected chi connectivity index (χ0v) is 10.2. The molecule has 0 heterocycles. The molecule has 1 unspecified atom stereocenters. The quantitative estimate of drug-likeness (QED) is 0.638. The average molecular weight is 198 g/mol. The second kappa shape index (κ2) is 5.13. The van der Waals surface area contributed by atoms with Crippen molar-refractivity contribution < 1.29 is 0 Å². The molecule has 84 valence electrons. The van der Waals surface area contributed by atoms with E-state index in [1.807, 2.05) is 0 Å². The Morgan fingerprint density at radius 1 is 1.21 bits per heavy atom. The Balaban J connectivity index is 1.88. The maximum atomic E-state index is 3.52. The van der Waals surface area contributed by atoms with Gasteiger partial charge < -0.3 is 10.6 Å². The zero-order chi connectivity index (χ0) is 10.6. The lowest BCUT2D eigenvalue weighted by Crippen LogP contribution is -2.40. The van der Waals surface area contributed by atoms with Gasteiger partial charge in [-0.2, -0.15) is 0 Å². The van der Waals surface area contributed by atoms with Crippen LogP contribution in [0.5, 0.6) is 0 Å². The molecule has 0 radical (unpaired) electrons. The topological polar surface area (TPSA) is 24.1 Å². The second-order valence-electron chi connectivity index (χ2n) is 5.70. The van der Waals surface area contributed by atoms with Crippen molar-refractivity contribution in [1.29, 1.82) is 0 Å². The molecule has 0 saturated heterocycles. The Bertz CT molecular complexity index is 156. The third-order valence-corrected chi connectivity index (χ3v) is 2.85. The Hall–Kier alpha value is -0.0800. The monoisotopic (exact) mass is 198 g/mol. The standard InChI is InChI=1S/C12H26N2/c1-10(11-5-6-11)9-13-7-8-14-12(2,3)4/h10-11,13-14H,5-9H2,1-4H3. The van der Waals surface area contributed by atoms with E-state index >= 15 is 0 Å². The molecule has 0 aromatic carbocycles. The molecule has 2 nitrogen and oxygen atoms in total. The molecule has 2 heteroatoms. The molecular formula is C12H26N2. The SMILES string of the molecule is CC(CNCCNC(C)(C)C)C1CC1. The molecule has 1 saturated carbocycles. The molecule has 14 heavy (non-hydrogen) atoms. The highest BCUT2D eigenvalue weighted by Gasteiger charge is 2.27. The molecule has 2 N–H and O–H groups in total. The van der Waals surface area contributed by atoms with E-state index in [0.717, 1.165) is 24.9 Å². The molecule has 1 aliphatic rings. The van der Waals surface area contributed by atoms with Gasteiger partial charge in [0.1, 0.15) is 0 Å². The van der Waals surface area contributed by atoms with Crippen molar-refractivity contribution in [2.75, 3.05) is 19.6 Å². The van der Waals surface area contributed by atoms with Crippen LogP contribution in [0.3, 0.4) is 0 Å². The van der Waals surface area contributed by atoms with Crippen LogP contribution in [0.15, 0.2) is 0 Å². The summed E-state index contributed by atoms with van der Waals surface area (Å²) in [5, 5.41) is 6.99. The minimum Gasteiger partial charge on any atom is -0.315 e. The molecule has 1 rings (SSSR count). The molecule has 0 spiro atoms. The van der Waals surface area contributed by atoms with Crippen LogP contribution < -0.4 is 10.6 Å². The molecule has 0 aromatic rings. The number of hydrogen-bond acceptors (Lipinski definition) is 2. The first-order valence-corrected chi connectivity index (χ1v) is 5.95. The van der Waals surface area contributed by atoms with Gasteiger partial charge in [-0.3, -0.25) is 0 Å². The average Bonchev–Trinajstić information content (AvgIpc) is 2.83. The van der Waals surface area contributed by atoms with E-state index in [-0.39, 0.29) is 5.54 Å². The van der Waals surface area contributed by atoms with E-state index in [0.29, 0.717) is 0 Å². The minimum absolute atomic E-state index is 0.254. The highest BCUT2D eigenvalue weighted by Crippen LogP contribution is 2.35. The highest BCUT2D eigenvalue weighted by molar-refractivity contribution is 4.80. The van der Waals surface area contributed by atoms with Crippen LogP contribution in [-0.4, -0.2) is 25.2 Å². The second-order valence-corrected chi connectivity index (χ2v) is 5.70. The molecule has 0 amide bonds. The van der Waals surface area contributed by atoms with E-state index in [4.69, 9.17) is 0 Å². The van der Waals surface area contributed by atoms with Gasteiger partial charge in [0, 0.05) is 18.6 Å². The number of hydrogen-bond donors (Lipinski definition) is 2. The Kier molecular flexibility index (Phi) is 4.39. The maximum Gasteiger partial charge on any atom is 0.00970 e. The molecule has 0 bridgehead atoms. The lowest BCUT2D eigenvalue weighted by molar-refractivity contribution is 0.406. The van der Waals surface area contributed by atoms with Crippen molar-refractivity contribution in [1.82, 2.24) is 10.6 Å². The van der Waals surface area contributed by atoms with Crippen molar-refractivity contribution in [3.05, 3.63) is 0 Å². The van der Waals surface area contributed by atoms with Gasteiger partial charge in [0.25, 0.3) is 0 Å². The molecule has 1 aliphatic carbocycles. The van der Waals surface area contributed by atoms with Gasteiger partial charge in [0.15, 0.2) is 0 Å². The first kappa shape index (κ1) is 12.0. The van der Waals surface area contributed by atoms with E-state index in [9.17, 15) is 0 Å². The van der Waals surface area contributed by atoms with Crippen molar-refractivity contribution in [2.24, 2.45) is 11.8 Å². The summed E-state index contributed by atoms with van der Waals surface area (Å²) in [6, 6.07) is 0. The van der Waals surface area contributed by atoms with Crippen LogP contribution in [0.1, 0.15) is 40.5 Å². The first-order valence-electron chi connectivity index (χ1n) is 5.95. The van der Waals surface area contributed by atoms with Gasteiger partial charge in [-0.1, -0.05) is 6.92 Å². The number of rotatable bonds is 6. The number of nitrogens with one attached hydrogen (secondary N) is 2. The summed E-state index contributed by atoms with van der Waals surface area (Å²) in [5.74, 6) is 1.91. The van der Waals surface area contributed by atoms with Crippen LogP contribution >= 0.6 is 0 Å². The van der Waals surface area contributed by atoms with Crippen LogP contribution in [0.4, 0.5) is 0 Å². The van der Waals surface area contributed by atoms with E-state index < -0.39 is 0 Å². The van der Waals surface area contributed by atoms with Gasteiger partial charge in [-0.25, -0.2) is 0 Å². The summed E-state index contributed by atoms with van der Waals surface area (Å²) in [4.78, 5) is 0. The van der Waals surface area contributed by atoms with E-state index in [1.165, 1.54) is 19.4 Å². The fraction of sp³-hybridized carbons (Fsp3) is 1.00. The summed E-state index contributed by atoms with van der Waals surface area (Å²) in [6.07, 6.45) is 2.92. The normalized spacial score (nSPS) is 19.7. The first-order chi connectivity index (χ1) is 6.49. The largest absolute Gasteiger partial charge is 0.315 e. The van der Waals surface area contributed by atoms with Gasteiger partial charge in [-0.05, 0) is 52.0 Å². The Morgan fingerprint density at radius 3 is 2.36 bits per heavy atom. The summed E-state index contributed by atoms with van der Waals surface area (Å²) < 4.78 is 0. The summed E-state index contributed by atoms with van der Waals surface area (Å²) >= 11 is 0. The van der Waals surface area contributed by atoms with E-state index in [1.54, 1.807) is 0 Å². The van der Waals surface area contributed by atoms with Gasteiger partial charge in [-0.15, -0.1) is 0 Å². The summed E-state index contributed by atoms with van der Waals surface area (Å²) in [7, 11) is 0. The van der Waals surface area contributed by atoms with Crippen molar-refractivity contribution in [3.63, 3.8) is 0 Å². The molecule has 1 fully saturated rings. The van der Waals surface area contributed by atoms with Crippen LogP contribution in [-0.2, 0) is 0 Å². The van der Waals surface area contributed by atoms with Crippen molar-refractivity contribution >= 4 is 0 Å². The maximum absolute atomic E-state index is 3.52. The molecule has 1 atom stereocenters. The van der Waals surface area contributed by atoms with Gasteiger partial charge >= 0.3 is 0 Å². The van der Waals surface area contributed by atoms with Gasteiger partial charge in [0.2, 0.25) is 0 Å². The Morgan fingerprint density at radius 2 is 1.86 bits per heavy atom. The fourth-order valence-electron chi connectivity index (χ4n) is 1.69. The summed E-state index contributed by atoms with van der Waals surface area (Å²) in [5.41, 5.74) is 0.254. The summed E-state index contributed by atoms with van der Waals surface area (Å²) in [6.45, 7) is 12.3. The lowest BCUT2D eigenvalue weighted by Gasteiger charge is -2.21. The van der Waals surface area contributed by atoms with Crippen molar-refractivity contribution in [2.45, 2.75) is 46.1 Å².